The van der Waals surface area contributed by atoms with Crippen LogP contribution in [-0.4, -0.2) is 32.9 Å². The minimum absolute atomic E-state index is 0.00738. The van der Waals surface area contributed by atoms with Gasteiger partial charge in [0, 0.05) is 5.92 Å². The first-order valence-electron chi connectivity index (χ1n) is 8.94. The number of para-hydroxylation sites is 2. The van der Waals surface area contributed by atoms with Gasteiger partial charge in [-0.3, -0.25) is 14.2 Å². The second-order valence-corrected chi connectivity index (χ2v) is 8.08. The number of benzene rings is 1. The fourth-order valence-corrected chi connectivity index (χ4v) is 3.15. The van der Waals surface area contributed by atoms with Crippen LogP contribution < -0.4 is 16.7 Å². The molecule has 8 heteroatoms. The molecule has 144 valence electrons. The highest BCUT2D eigenvalue weighted by atomic mass is 16.2. The molecular formula is C19H24N4O4. The highest BCUT2D eigenvalue weighted by Gasteiger charge is 2.33. The van der Waals surface area contributed by atoms with Gasteiger partial charge in [-0.2, -0.15) is 0 Å². The number of nitrogens with zero attached hydrogens (tertiary/aromatic N) is 2. The smallest absolute Gasteiger partial charge is 0.337 e. The molecule has 1 atom stereocenters. The Morgan fingerprint density at radius 3 is 2.30 bits per heavy atom. The van der Waals surface area contributed by atoms with E-state index in [2.05, 4.69) is 5.32 Å². The largest absolute Gasteiger partial charge is 0.368 e. The maximum absolute atomic E-state index is 12.9. The summed E-state index contributed by atoms with van der Waals surface area (Å²) < 4.78 is 2.27. The number of Topliss-reactive ketones (excluding diaryl/α,β-unsaturated/α-hetero) is 1. The normalized spacial score (nSPS) is 15.5. The molecule has 1 aromatic heterocycles. The van der Waals surface area contributed by atoms with Gasteiger partial charge in [0.25, 0.3) is 0 Å². The molecule has 2 amide bonds. The van der Waals surface area contributed by atoms with Gasteiger partial charge < -0.3 is 11.1 Å². The van der Waals surface area contributed by atoms with Crippen molar-refractivity contribution in [2.75, 3.05) is 0 Å². The van der Waals surface area contributed by atoms with Gasteiger partial charge >= 0.3 is 11.7 Å². The SMILES string of the molecule is CC(C)(C)[C@H](NC(=O)n1c(=O)n(CC(=O)C2CC2)c2ccccc21)C(N)=O. The molecule has 0 spiro atoms. The summed E-state index contributed by atoms with van der Waals surface area (Å²) in [5.74, 6) is -0.686. The van der Waals surface area contributed by atoms with Crippen molar-refractivity contribution in [3.63, 3.8) is 0 Å². The molecule has 0 unspecified atom stereocenters. The molecule has 1 saturated carbocycles. The summed E-state index contributed by atoms with van der Waals surface area (Å²) >= 11 is 0. The third-order valence-electron chi connectivity index (χ3n) is 4.80. The molecule has 3 rings (SSSR count). The van der Waals surface area contributed by atoms with Gasteiger partial charge in [-0.05, 0) is 30.4 Å². The van der Waals surface area contributed by atoms with Gasteiger partial charge in [-0.15, -0.1) is 0 Å². The molecule has 1 fully saturated rings. The maximum Gasteiger partial charge on any atom is 0.337 e. The molecule has 0 saturated heterocycles. The average molecular weight is 372 g/mol. The first kappa shape index (κ1) is 18.9. The van der Waals surface area contributed by atoms with Crippen molar-refractivity contribution in [1.82, 2.24) is 14.5 Å². The number of imidazole rings is 1. The molecule has 0 radical (unpaired) electrons. The summed E-state index contributed by atoms with van der Waals surface area (Å²) in [6.07, 6.45) is 1.69. The molecule has 0 aliphatic heterocycles. The predicted molar refractivity (Wildman–Crippen MR) is 100 cm³/mol. The lowest BCUT2D eigenvalue weighted by molar-refractivity contribution is -0.122. The van der Waals surface area contributed by atoms with Crippen molar-refractivity contribution >= 4 is 28.8 Å². The summed E-state index contributed by atoms with van der Waals surface area (Å²) in [5, 5.41) is 2.56. The van der Waals surface area contributed by atoms with Crippen LogP contribution in [0.5, 0.6) is 0 Å². The number of nitrogens with two attached hydrogens (primary N) is 1. The van der Waals surface area contributed by atoms with Crippen LogP contribution in [0.1, 0.15) is 33.6 Å². The second kappa shape index (κ2) is 6.68. The van der Waals surface area contributed by atoms with E-state index in [4.69, 9.17) is 5.73 Å². The Bertz CT molecular complexity index is 976. The van der Waals surface area contributed by atoms with E-state index in [1.54, 1.807) is 45.0 Å². The number of primary amides is 1. The molecule has 1 heterocycles. The van der Waals surface area contributed by atoms with Crippen molar-refractivity contribution in [2.45, 2.75) is 46.2 Å². The Labute approximate surface area is 156 Å². The van der Waals surface area contributed by atoms with E-state index in [9.17, 15) is 19.2 Å². The zero-order valence-corrected chi connectivity index (χ0v) is 15.7. The monoisotopic (exact) mass is 372 g/mol. The number of amides is 2. The Morgan fingerprint density at radius 1 is 1.19 bits per heavy atom. The van der Waals surface area contributed by atoms with Gasteiger partial charge in [0.15, 0.2) is 5.78 Å². The van der Waals surface area contributed by atoms with E-state index in [0.29, 0.717) is 11.0 Å². The highest BCUT2D eigenvalue weighted by molar-refractivity contribution is 5.93. The molecule has 3 N–H and O–H groups in total. The molecule has 1 aliphatic rings. The number of carbonyl (C=O) groups is 3. The van der Waals surface area contributed by atoms with Crippen LogP contribution in [0.25, 0.3) is 11.0 Å². The average Bonchev–Trinajstić information content (AvgIpc) is 3.38. The maximum atomic E-state index is 12.9. The van der Waals surface area contributed by atoms with Gasteiger partial charge in [-0.1, -0.05) is 32.9 Å². The number of fused-ring (bicyclic) bond motifs is 1. The minimum Gasteiger partial charge on any atom is -0.368 e. The van der Waals surface area contributed by atoms with Gasteiger partial charge in [0.1, 0.15) is 6.04 Å². The fourth-order valence-electron chi connectivity index (χ4n) is 3.15. The van der Waals surface area contributed by atoms with E-state index >= 15 is 0 Å². The molecule has 27 heavy (non-hydrogen) atoms. The quantitative estimate of drug-likeness (QED) is 0.821. The van der Waals surface area contributed by atoms with Crippen molar-refractivity contribution in [2.24, 2.45) is 17.1 Å². The molecule has 1 aromatic carbocycles. The van der Waals surface area contributed by atoms with E-state index in [0.717, 1.165) is 17.4 Å². The van der Waals surface area contributed by atoms with Crippen LogP contribution in [-0.2, 0) is 16.1 Å². The molecule has 8 nitrogen and oxygen atoms in total. The van der Waals surface area contributed by atoms with Crippen LogP contribution in [0.3, 0.4) is 0 Å². The first-order chi connectivity index (χ1) is 12.6. The number of hydrogen-bond acceptors (Lipinski definition) is 4. The summed E-state index contributed by atoms with van der Waals surface area (Å²) in [5.41, 5.74) is 5.06. The number of carbonyl (C=O) groups excluding carboxylic acids is 3. The topological polar surface area (TPSA) is 116 Å². The lowest BCUT2D eigenvalue weighted by Crippen LogP contribution is -2.54. The standard InChI is InChI=1S/C19H24N4O4/c1-19(2,3)15(16(20)25)21-17(26)23-13-7-5-4-6-12(13)22(18(23)27)10-14(24)11-8-9-11/h4-7,11,15H,8-10H2,1-3H3,(H2,20,25)(H,21,26)/t15-/m1/s1. The summed E-state index contributed by atoms with van der Waals surface area (Å²) in [4.78, 5) is 49.7. The Hall–Kier alpha value is -2.90. The van der Waals surface area contributed by atoms with Crippen LogP contribution in [0.15, 0.2) is 29.1 Å². The third kappa shape index (κ3) is 3.65. The summed E-state index contributed by atoms with van der Waals surface area (Å²) in [6, 6.07) is 5.07. The Kier molecular flexibility index (Phi) is 4.67. The number of nitrogens with one attached hydrogen (secondary N) is 1. The van der Waals surface area contributed by atoms with Crippen LogP contribution in [0.4, 0.5) is 4.79 Å². The summed E-state index contributed by atoms with van der Waals surface area (Å²) in [6.45, 7) is 5.23. The molecule has 0 bridgehead atoms. The first-order valence-corrected chi connectivity index (χ1v) is 8.94. The van der Waals surface area contributed by atoms with Crippen LogP contribution in [0, 0.1) is 11.3 Å². The van der Waals surface area contributed by atoms with E-state index in [-0.39, 0.29) is 18.2 Å². The van der Waals surface area contributed by atoms with Crippen molar-refractivity contribution in [3.8, 4) is 0 Å². The van der Waals surface area contributed by atoms with Crippen molar-refractivity contribution < 1.29 is 14.4 Å². The zero-order valence-electron chi connectivity index (χ0n) is 15.7. The van der Waals surface area contributed by atoms with Crippen molar-refractivity contribution in [3.05, 3.63) is 34.7 Å². The minimum atomic E-state index is -0.952. The lowest BCUT2D eigenvalue weighted by atomic mass is 9.86. The van der Waals surface area contributed by atoms with E-state index in [1.165, 1.54) is 4.57 Å². The van der Waals surface area contributed by atoms with E-state index < -0.39 is 29.1 Å². The Morgan fingerprint density at radius 2 is 1.78 bits per heavy atom. The third-order valence-corrected chi connectivity index (χ3v) is 4.80. The Balaban J connectivity index is 2.02. The molecule has 2 aromatic rings. The zero-order chi connectivity index (χ0) is 19.9. The fraction of sp³-hybridized carbons (Fsp3) is 0.474. The molecule has 1 aliphatic carbocycles. The lowest BCUT2D eigenvalue weighted by Gasteiger charge is -2.28. The van der Waals surface area contributed by atoms with Gasteiger partial charge in [-0.25, -0.2) is 14.2 Å². The molecular weight excluding hydrogens is 348 g/mol. The number of rotatable bonds is 5. The van der Waals surface area contributed by atoms with Gasteiger partial charge in [0.05, 0.1) is 17.6 Å². The summed E-state index contributed by atoms with van der Waals surface area (Å²) in [7, 11) is 0. The van der Waals surface area contributed by atoms with Gasteiger partial charge in [0.2, 0.25) is 5.91 Å². The number of hydrogen-bond donors (Lipinski definition) is 2. The number of aromatic nitrogens is 2. The van der Waals surface area contributed by atoms with Crippen LogP contribution >= 0.6 is 0 Å². The van der Waals surface area contributed by atoms with E-state index in [1.807, 2.05) is 0 Å². The highest BCUT2D eigenvalue weighted by Crippen LogP contribution is 2.30. The predicted octanol–water partition coefficient (Wildman–Crippen LogP) is 1.24. The van der Waals surface area contributed by atoms with Crippen molar-refractivity contribution in [1.29, 1.82) is 0 Å². The number of ketones is 1. The van der Waals surface area contributed by atoms with Crippen LogP contribution in [0.2, 0.25) is 0 Å². The second-order valence-electron chi connectivity index (χ2n) is 8.08.